The Morgan fingerprint density at radius 3 is 2.00 bits per heavy atom. The largest absolute Gasteiger partial charge is 0.464 e. The van der Waals surface area contributed by atoms with Crippen LogP contribution >= 0.6 is 0 Å². The predicted molar refractivity (Wildman–Crippen MR) is 134 cm³/mol. The van der Waals surface area contributed by atoms with E-state index in [1.54, 1.807) is 24.1 Å². The van der Waals surface area contributed by atoms with Crippen molar-refractivity contribution in [2.75, 3.05) is 20.2 Å². The van der Waals surface area contributed by atoms with E-state index in [2.05, 4.69) is 19.1 Å². The van der Waals surface area contributed by atoms with Crippen molar-refractivity contribution in [3.8, 4) is 0 Å². The van der Waals surface area contributed by atoms with Crippen LogP contribution in [-0.4, -0.2) is 37.0 Å². The molecule has 0 saturated heterocycles. The van der Waals surface area contributed by atoms with Gasteiger partial charge >= 0.3 is 5.97 Å². The third-order valence-corrected chi connectivity index (χ3v) is 5.70. The van der Waals surface area contributed by atoms with Gasteiger partial charge in [-0.15, -0.1) is 0 Å². The lowest BCUT2D eigenvalue weighted by Crippen LogP contribution is -2.30. The molecule has 0 saturated carbocycles. The Kier molecular flexibility index (Phi) is 17.1. The molecule has 0 radical (unpaired) electrons. The van der Waals surface area contributed by atoms with Crippen LogP contribution in [0.3, 0.4) is 0 Å². The van der Waals surface area contributed by atoms with Crippen molar-refractivity contribution < 1.29 is 14.3 Å². The number of amides is 1. The lowest BCUT2D eigenvalue weighted by molar-refractivity contribution is -0.144. The number of rotatable bonds is 19. The van der Waals surface area contributed by atoms with Gasteiger partial charge in [0.1, 0.15) is 6.61 Å². The van der Waals surface area contributed by atoms with Gasteiger partial charge in [0.25, 0.3) is 5.91 Å². The molecule has 1 aromatic carbocycles. The van der Waals surface area contributed by atoms with Gasteiger partial charge in [-0.1, -0.05) is 88.6 Å². The molecular weight excluding hydrogens is 398 g/mol. The molecule has 0 fully saturated rings. The molecular formula is C28H45NO3. The summed E-state index contributed by atoms with van der Waals surface area (Å²) in [5.74, 6) is -0.220. The molecule has 4 heteroatoms. The zero-order valence-corrected chi connectivity index (χ0v) is 20.5. The highest BCUT2D eigenvalue weighted by molar-refractivity contribution is 5.93. The molecule has 0 aliphatic carbocycles. The lowest BCUT2D eigenvalue weighted by Gasteiger charge is -2.17. The summed E-state index contributed by atoms with van der Waals surface area (Å²) >= 11 is 0. The third kappa shape index (κ3) is 14.8. The van der Waals surface area contributed by atoms with Crippen LogP contribution in [0.5, 0.6) is 0 Å². The number of hydrogen-bond acceptors (Lipinski definition) is 3. The van der Waals surface area contributed by atoms with Crippen molar-refractivity contribution in [2.24, 2.45) is 0 Å². The number of esters is 1. The van der Waals surface area contributed by atoms with E-state index in [-0.39, 0.29) is 18.5 Å². The van der Waals surface area contributed by atoms with Crippen LogP contribution < -0.4 is 0 Å². The summed E-state index contributed by atoms with van der Waals surface area (Å²) in [4.78, 5) is 25.7. The summed E-state index contributed by atoms with van der Waals surface area (Å²) in [5, 5.41) is 0. The Labute approximate surface area is 196 Å². The fraction of sp³-hybridized carbons (Fsp3) is 0.643. The van der Waals surface area contributed by atoms with Crippen molar-refractivity contribution in [2.45, 2.75) is 96.8 Å². The molecule has 0 aromatic heterocycles. The molecule has 1 rings (SSSR count). The maximum absolute atomic E-state index is 12.2. The van der Waals surface area contributed by atoms with Crippen LogP contribution in [0, 0.1) is 0 Å². The van der Waals surface area contributed by atoms with E-state index in [1.165, 1.54) is 70.6 Å². The normalized spacial score (nSPS) is 11.1. The molecule has 1 aromatic rings. The standard InChI is InChI=1S/C28H45NO3/c1-3-4-5-6-7-8-9-10-11-12-13-14-15-16-20-23-27(30)32-25-24-29(2)28(31)26-21-18-17-19-22-26/h10-11,17-19,21-22H,3-9,12-16,20,23-25H2,1-2H3/b11-10-. The molecule has 0 N–H and O–H groups in total. The number of carbonyl (C=O) groups is 2. The van der Waals surface area contributed by atoms with Crippen molar-refractivity contribution in [1.82, 2.24) is 4.90 Å². The summed E-state index contributed by atoms with van der Waals surface area (Å²) in [6.07, 6.45) is 21.3. The van der Waals surface area contributed by atoms with E-state index in [4.69, 9.17) is 4.74 Å². The monoisotopic (exact) mass is 443 g/mol. The number of likely N-dealkylation sites (N-methyl/N-ethyl adjacent to an activating group) is 1. The van der Waals surface area contributed by atoms with Crippen molar-refractivity contribution in [3.05, 3.63) is 48.0 Å². The van der Waals surface area contributed by atoms with Crippen molar-refractivity contribution >= 4 is 11.9 Å². The zero-order chi connectivity index (χ0) is 23.3. The molecule has 0 aliphatic heterocycles. The second kappa shape index (κ2) is 19.6. The zero-order valence-electron chi connectivity index (χ0n) is 20.5. The second-order valence-corrected chi connectivity index (χ2v) is 8.65. The van der Waals surface area contributed by atoms with Gasteiger partial charge in [0, 0.05) is 19.0 Å². The number of nitrogens with zero attached hydrogens (tertiary/aromatic N) is 1. The number of unbranched alkanes of at least 4 members (excludes halogenated alkanes) is 11. The van der Waals surface area contributed by atoms with Gasteiger partial charge in [0.2, 0.25) is 0 Å². The molecule has 0 heterocycles. The average molecular weight is 444 g/mol. The Bertz CT molecular complexity index is 627. The minimum absolute atomic E-state index is 0.0566. The molecule has 4 nitrogen and oxygen atoms in total. The molecule has 0 spiro atoms. The quantitative estimate of drug-likeness (QED) is 0.128. The Morgan fingerprint density at radius 2 is 1.38 bits per heavy atom. The molecule has 0 bridgehead atoms. The van der Waals surface area contributed by atoms with Crippen LogP contribution in [0.2, 0.25) is 0 Å². The molecule has 0 aliphatic rings. The summed E-state index contributed by atoms with van der Waals surface area (Å²) in [5.41, 5.74) is 0.648. The first kappa shape index (κ1) is 27.9. The molecule has 32 heavy (non-hydrogen) atoms. The first-order chi connectivity index (χ1) is 15.6. The fourth-order valence-corrected chi connectivity index (χ4v) is 3.61. The first-order valence-corrected chi connectivity index (χ1v) is 12.8. The van der Waals surface area contributed by atoms with Crippen LogP contribution in [0.1, 0.15) is 107 Å². The fourth-order valence-electron chi connectivity index (χ4n) is 3.61. The van der Waals surface area contributed by atoms with Gasteiger partial charge in [0.15, 0.2) is 0 Å². The first-order valence-electron chi connectivity index (χ1n) is 12.8. The van der Waals surface area contributed by atoms with E-state index in [1.807, 2.05) is 18.2 Å². The topological polar surface area (TPSA) is 46.6 Å². The van der Waals surface area contributed by atoms with E-state index in [9.17, 15) is 9.59 Å². The lowest BCUT2D eigenvalue weighted by atomic mass is 10.1. The van der Waals surface area contributed by atoms with E-state index in [0.717, 1.165) is 12.8 Å². The van der Waals surface area contributed by atoms with E-state index < -0.39 is 0 Å². The smallest absolute Gasteiger partial charge is 0.305 e. The third-order valence-electron chi connectivity index (χ3n) is 5.70. The van der Waals surface area contributed by atoms with Crippen LogP contribution in [0.15, 0.2) is 42.5 Å². The minimum atomic E-state index is -0.164. The Balaban J connectivity index is 1.90. The number of hydrogen-bond donors (Lipinski definition) is 0. The highest BCUT2D eigenvalue weighted by Gasteiger charge is 2.11. The number of ether oxygens (including phenoxy) is 1. The summed E-state index contributed by atoms with van der Waals surface area (Å²) < 4.78 is 5.28. The van der Waals surface area contributed by atoms with Gasteiger partial charge in [-0.2, -0.15) is 0 Å². The van der Waals surface area contributed by atoms with Gasteiger partial charge in [-0.3, -0.25) is 9.59 Å². The summed E-state index contributed by atoms with van der Waals surface area (Å²) in [6.45, 7) is 2.92. The van der Waals surface area contributed by atoms with Crippen LogP contribution in [0.25, 0.3) is 0 Å². The molecule has 0 atom stereocenters. The maximum Gasteiger partial charge on any atom is 0.305 e. The van der Waals surface area contributed by atoms with Crippen molar-refractivity contribution in [3.63, 3.8) is 0 Å². The number of allylic oxidation sites excluding steroid dienone is 2. The van der Waals surface area contributed by atoms with Crippen LogP contribution in [0.4, 0.5) is 0 Å². The Morgan fingerprint density at radius 1 is 0.812 bits per heavy atom. The van der Waals surface area contributed by atoms with Gasteiger partial charge in [-0.05, 0) is 44.2 Å². The number of carbonyl (C=O) groups excluding carboxylic acids is 2. The number of benzene rings is 1. The molecule has 1 amide bonds. The second-order valence-electron chi connectivity index (χ2n) is 8.65. The Hall–Kier alpha value is -2.10. The van der Waals surface area contributed by atoms with Crippen molar-refractivity contribution in [1.29, 1.82) is 0 Å². The van der Waals surface area contributed by atoms with Crippen LogP contribution in [-0.2, 0) is 9.53 Å². The molecule has 180 valence electrons. The van der Waals surface area contributed by atoms with E-state index >= 15 is 0 Å². The van der Waals surface area contributed by atoms with Gasteiger partial charge < -0.3 is 9.64 Å². The SMILES string of the molecule is CCCCCCCC/C=C\CCCCCCCC(=O)OCCN(C)C(=O)c1ccccc1. The highest BCUT2D eigenvalue weighted by atomic mass is 16.5. The van der Waals surface area contributed by atoms with Gasteiger partial charge in [0.05, 0.1) is 6.54 Å². The maximum atomic E-state index is 12.2. The summed E-state index contributed by atoms with van der Waals surface area (Å²) in [6, 6.07) is 9.15. The predicted octanol–water partition coefficient (Wildman–Crippen LogP) is 7.34. The average Bonchev–Trinajstić information content (AvgIpc) is 2.81. The van der Waals surface area contributed by atoms with E-state index in [0.29, 0.717) is 18.5 Å². The van der Waals surface area contributed by atoms with Gasteiger partial charge in [-0.25, -0.2) is 0 Å². The minimum Gasteiger partial charge on any atom is -0.464 e. The molecule has 0 unspecified atom stereocenters. The highest BCUT2D eigenvalue weighted by Crippen LogP contribution is 2.10. The summed E-state index contributed by atoms with van der Waals surface area (Å²) in [7, 11) is 1.73.